The molecule has 0 amide bonds. The number of rotatable bonds is 7. The van der Waals surface area contributed by atoms with Gasteiger partial charge < -0.3 is 20.3 Å². The van der Waals surface area contributed by atoms with Crippen molar-refractivity contribution in [1.82, 2.24) is 0 Å². The second kappa shape index (κ2) is 7.06. The van der Waals surface area contributed by atoms with Crippen molar-refractivity contribution in [3.05, 3.63) is 29.1 Å². The summed E-state index contributed by atoms with van der Waals surface area (Å²) >= 11 is 0. The number of aliphatic carboxylic acids is 1. The lowest BCUT2D eigenvalue weighted by molar-refractivity contribution is -0.137. The normalized spacial score (nSPS) is 12.2. The van der Waals surface area contributed by atoms with E-state index in [1.807, 2.05) is 0 Å². The minimum Gasteiger partial charge on any atom is -0.493 e. The topological polar surface area (TPSA) is 81.8 Å². The minimum absolute atomic E-state index is 0.0486. The van der Waals surface area contributed by atoms with Crippen molar-refractivity contribution in [3.8, 4) is 5.75 Å². The van der Waals surface area contributed by atoms with Gasteiger partial charge in [0.2, 0.25) is 0 Å². The van der Waals surface area contributed by atoms with E-state index in [4.69, 9.17) is 20.3 Å². The van der Waals surface area contributed by atoms with Crippen molar-refractivity contribution in [2.45, 2.75) is 25.5 Å². The molecule has 0 aliphatic rings. The molecule has 0 radical (unpaired) electrons. The Morgan fingerprint density at radius 2 is 2.16 bits per heavy atom. The maximum absolute atomic E-state index is 14.1. The zero-order chi connectivity index (χ0) is 14.4. The maximum atomic E-state index is 14.1. The van der Waals surface area contributed by atoms with Crippen LogP contribution in [0.1, 0.15) is 30.0 Å². The number of ether oxygens (including phenoxy) is 2. The van der Waals surface area contributed by atoms with Crippen LogP contribution in [0.3, 0.4) is 0 Å². The zero-order valence-corrected chi connectivity index (χ0v) is 11.0. The Morgan fingerprint density at radius 3 is 2.68 bits per heavy atom. The fraction of sp³-hybridized carbons (Fsp3) is 0.462. The first kappa shape index (κ1) is 15.4. The highest BCUT2D eigenvalue weighted by molar-refractivity contribution is 5.66. The summed E-state index contributed by atoms with van der Waals surface area (Å²) in [6.45, 7) is 0.132. The zero-order valence-electron chi connectivity index (χ0n) is 11.0. The molecule has 106 valence electrons. The fourth-order valence-corrected chi connectivity index (χ4v) is 1.81. The van der Waals surface area contributed by atoms with Gasteiger partial charge in [0.15, 0.2) is 11.6 Å². The third-order valence-corrected chi connectivity index (χ3v) is 2.78. The Bertz CT molecular complexity index is 451. The number of carboxylic acids is 1. The summed E-state index contributed by atoms with van der Waals surface area (Å²) in [5.41, 5.74) is 6.70. The van der Waals surface area contributed by atoms with E-state index in [1.54, 1.807) is 12.1 Å². The lowest BCUT2D eigenvalue weighted by Gasteiger charge is -2.17. The van der Waals surface area contributed by atoms with E-state index >= 15 is 0 Å². The number of halogens is 1. The lowest BCUT2D eigenvalue weighted by Crippen LogP contribution is -2.14. The van der Waals surface area contributed by atoms with Gasteiger partial charge in [-0.05, 0) is 6.42 Å². The lowest BCUT2D eigenvalue weighted by atomic mass is 9.99. The van der Waals surface area contributed by atoms with Gasteiger partial charge in [0.1, 0.15) is 0 Å². The Balaban J connectivity index is 3.00. The van der Waals surface area contributed by atoms with Crippen LogP contribution in [-0.4, -0.2) is 25.3 Å². The molecule has 5 nitrogen and oxygen atoms in total. The Kier molecular flexibility index (Phi) is 5.72. The summed E-state index contributed by atoms with van der Waals surface area (Å²) in [7, 11) is 2.82. The number of carbonyl (C=O) groups is 1. The molecule has 3 N–H and O–H groups in total. The van der Waals surface area contributed by atoms with Crippen LogP contribution in [0.25, 0.3) is 0 Å². The number of nitrogens with two attached hydrogens (primary N) is 1. The Hall–Kier alpha value is -1.66. The molecule has 0 aromatic heterocycles. The van der Waals surface area contributed by atoms with Crippen LogP contribution < -0.4 is 10.5 Å². The molecule has 0 saturated heterocycles. The van der Waals surface area contributed by atoms with Crippen LogP contribution in [0.4, 0.5) is 4.39 Å². The Labute approximate surface area is 111 Å². The van der Waals surface area contributed by atoms with Crippen LogP contribution in [0, 0.1) is 5.82 Å². The molecule has 1 rings (SSSR count). The van der Waals surface area contributed by atoms with Gasteiger partial charge in [0.05, 0.1) is 13.7 Å². The van der Waals surface area contributed by atoms with Crippen LogP contribution >= 0.6 is 0 Å². The van der Waals surface area contributed by atoms with Gasteiger partial charge in [-0.3, -0.25) is 4.79 Å². The average Bonchev–Trinajstić information content (AvgIpc) is 2.38. The predicted molar refractivity (Wildman–Crippen MR) is 67.5 cm³/mol. The second-order valence-corrected chi connectivity index (χ2v) is 4.13. The number of carboxylic acid groups (broad SMARTS) is 1. The van der Waals surface area contributed by atoms with Gasteiger partial charge in [-0.2, -0.15) is 0 Å². The molecule has 0 spiro atoms. The summed E-state index contributed by atoms with van der Waals surface area (Å²) in [6.07, 6.45) is 0.139. The van der Waals surface area contributed by atoms with E-state index in [1.165, 1.54) is 14.2 Å². The number of benzene rings is 1. The van der Waals surface area contributed by atoms with Gasteiger partial charge >= 0.3 is 5.97 Å². The predicted octanol–water partition coefficient (Wildman–Crippen LogP) is 1.85. The fourth-order valence-electron chi connectivity index (χ4n) is 1.81. The molecule has 1 aromatic rings. The summed E-state index contributed by atoms with van der Waals surface area (Å²) in [4.78, 5) is 10.5. The van der Waals surface area contributed by atoms with Gasteiger partial charge in [0.25, 0.3) is 0 Å². The second-order valence-electron chi connectivity index (χ2n) is 4.13. The molecule has 1 aromatic carbocycles. The maximum Gasteiger partial charge on any atom is 0.303 e. The van der Waals surface area contributed by atoms with Crippen LogP contribution in [0.15, 0.2) is 12.1 Å². The van der Waals surface area contributed by atoms with Gasteiger partial charge in [0, 0.05) is 30.7 Å². The highest BCUT2D eigenvalue weighted by atomic mass is 19.1. The summed E-state index contributed by atoms with van der Waals surface area (Å²) in [6, 6.07) is 2.62. The molecule has 1 unspecified atom stereocenters. The monoisotopic (exact) mass is 271 g/mol. The molecule has 6 heteroatoms. The molecule has 19 heavy (non-hydrogen) atoms. The van der Waals surface area contributed by atoms with E-state index in [2.05, 4.69) is 0 Å². The van der Waals surface area contributed by atoms with Crippen LogP contribution in [0.5, 0.6) is 5.75 Å². The Morgan fingerprint density at radius 1 is 1.47 bits per heavy atom. The molecular formula is C13H18FNO4. The van der Waals surface area contributed by atoms with Gasteiger partial charge in [-0.25, -0.2) is 4.39 Å². The third-order valence-electron chi connectivity index (χ3n) is 2.78. The van der Waals surface area contributed by atoms with E-state index in [0.29, 0.717) is 11.1 Å². The van der Waals surface area contributed by atoms with E-state index in [-0.39, 0.29) is 25.2 Å². The summed E-state index contributed by atoms with van der Waals surface area (Å²) in [5.74, 6) is -1.41. The van der Waals surface area contributed by atoms with Crippen molar-refractivity contribution in [3.63, 3.8) is 0 Å². The number of hydrogen-bond donors (Lipinski definition) is 2. The molecule has 0 heterocycles. The first-order valence-electron chi connectivity index (χ1n) is 5.82. The standard InChI is InChI=1S/C13H18FNO4/c1-18-7-8-3-4-9(13(19-2)12(8)14)10(15)5-6-11(16)17/h3-4,10H,5-7,15H2,1-2H3,(H,16,17). The largest absolute Gasteiger partial charge is 0.493 e. The SMILES string of the molecule is COCc1ccc(C(N)CCC(=O)O)c(OC)c1F. The van der Waals surface area contributed by atoms with Gasteiger partial charge in [-0.15, -0.1) is 0 Å². The van der Waals surface area contributed by atoms with Crippen molar-refractivity contribution in [2.75, 3.05) is 14.2 Å². The number of hydrogen-bond acceptors (Lipinski definition) is 4. The van der Waals surface area contributed by atoms with Crippen molar-refractivity contribution in [2.24, 2.45) is 5.73 Å². The van der Waals surface area contributed by atoms with E-state index in [9.17, 15) is 9.18 Å². The molecule has 0 fully saturated rings. The molecule has 0 saturated carbocycles. The molecule has 0 bridgehead atoms. The average molecular weight is 271 g/mol. The molecule has 1 atom stereocenters. The van der Waals surface area contributed by atoms with E-state index in [0.717, 1.165) is 0 Å². The van der Waals surface area contributed by atoms with E-state index < -0.39 is 17.8 Å². The van der Waals surface area contributed by atoms with Crippen molar-refractivity contribution >= 4 is 5.97 Å². The summed E-state index contributed by atoms with van der Waals surface area (Å²) < 4.78 is 24.0. The number of methoxy groups -OCH3 is 2. The van der Waals surface area contributed by atoms with Gasteiger partial charge in [-0.1, -0.05) is 12.1 Å². The summed E-state index contributed by atoms with van der Waals surface area (Å²) in [5, 5.41) is 8.63. The molecule has 0 aliphatic heterocycles. The van der Waals surface area contributed by atoms with Crippen LogP contribution in [0.2, 0.25) is 0 Å². The third kappa shape index (κ3) is 3.90. The quantitative estimate of drug-likeness (QED) is 0.790. The minimum atomic E-state index is -0.939. The van der Waals surface area contributed by atoms with Crippen molar-refractivity contribution in [1.29, 1.82) is 0 Å². The first-order chi connectivity index (χ1) is 9.01. The molecular weight excluding hydrogens is 253 g/mol. The first-order valence-corrected chi connectivity index (χ1v) is 5.82. The molecule has 0 aliphatic carbocycles. The highest BCUT2D eigenvalue weighted by Gasteiger charge is 2.19. The smallest absolute Gasteiger partial charge is 0.303 e. The highest BCUT2D eigenvalue weighted by Crippen LogP contribution is 2.31. The van der Waals surface area contributed by atoms with Crippen LogP contribution in [-0.2, 0) is 16.1 Å². The van der Waals surface area contributed by atoms with Crippen molar-refractivity contribution < 1.29 is 23.8 Å².